The Morgan fingerprint density at radius 2 is 1.97 bits per heavy atom. The van der Waals surface area contributed by atoms with Crippen molar-refractivity contribution in [2.75, 3.05) is 13.7 Å². The zero-order chi connectivity index (χ0) is 21.2. The van der Waals surface area contributed by atoms with Crippen molar-refractivity contribution >= 4 is 23.0 Å². The van der Waals surface area contributed by atoms with Crippen LogP contribution < -0.4 is 0 Å². The molecule has 0 fully saturated rings. The Morgan fingerprint density at radius 3 is 2.66 bits per heavy atom. The summed E-state index contributed by atoms with van der Waals surface area (Å²) in [5.74, 6) is -0.181. The fourth-order valence-corrected chi connectivity index (χ4v) is 3.94. The smallest absolute Gasteiger partial charge is 0.410 e. The lowest BCUT2D eigenvalue weighted by molar-refractivity contribution is -0.142. The standard InChI is InChI=1S/C23H32N2O4/c1-6-13-28-21(26)14-18-17-9-7-8-10-19(17)25-15-16(11-12-20(18)25)24(5)22(27)29-23(2,3)4/h7-10,16H,6,11-15H2,1-5H3/t16-/m1/s1. The van der Waals surface area contributed by atoms with Gasteiger partial charge in [0.05, 0.1) is 19.1 Å². The average Bonchev–Trinajstić information content (AvgIpc) is 2.98. The summed E-state index contributed by atoms with van der Waals surface area (Å²) < 4.78 is 13.1. The first-order chi connectivity index (χ1) is 13.7. The molecule has 3 rings (SSSR count). The van der Waals surface area contributed by atoms with Crippen LogP contribution in [-0.2, 0) is 33.7 Å². The number of carbonyl (C=O) groups is 2. The highest BCUT2D eigenvalue weighted by molar-refractivity contribution is 5.89. The van der Waals surface area contributed by atoms with E-state index in [9.17, 15) is 9.59 Å². The van der Waals surface area contributed by atoms with Gasteiger partial charge < -0.3 is 18.9 Å². The fraction of sp³-hybridized carbons (Fsp3) is 0.565. The lowest BCUT2D eigenvalue weighted by Gasteiger charge is -2.34. The van der Waals surface area contributed by atoms with E-state index >= 15 is 0 Å². The zero-order valence-electron chi connectivity index (χ0n) is 18.2. The van der Waals surface area contributed by atoms with Gasteiger partial charge in [-0.1, -0.05) is 25.1 Å². The number of carbonyl (C=O) groups excluding carboxylic acids is 2. The number of para-hydroxylation sites is 1. The topological polar surface area (TPSA) is 60.8 Å². The van der Waals surface area contributed by atoms with Gasteiger partial charge in [0, 0.05) is 30.2 Å². The molecule has 1 aliphatic heterocycles. The first-order valence-corrected chi connectivity index (χ1v) is 10.4. The van der Waals surface area contributed by atoms with Crippen LogP contribution in [0.2, 0.25) is 0 Å². The van der Waals surface area contributed by atoms with Gasteiger partial charge in [-0.05, 0) is 51.7 Å². The lowest BCUT2D eigenvalue weighted by Crippen LogP contribution is -2.44. The molecule has 0 bridgehead atoms. The number of aromatic nitrogens is 1. The van der Waals surface area contributed by atoms with Gasteiger partial charge in [0.1, 0.15) is 5.60 Å². The van der Waals surface area contributed by atoms with Gasteiger partial charge in [-0.2, -0.15) is 0 Å². The summed E-state index contributed by atoms with van der Waals surface area (Å²) in [5.41, 5.74) is 2.81. The molecule has 1 aliphatic rings. The molecule has 0 N–H and O–H groups in total. The number of fused-ring (bicyclic) bond motifs is 3. The number of benzene rings is 1. The maximum absolute atomic E-state index is 12.5. The van der Waals surface area contributed by atoms with E-state index in [2.05, 4.69) is 16.7 Å². The van der Waals surface area contributed by atoms with E-state index in [4.69, 9.17) is 9.47 Å². The predicted molar refractivity (Wildman–Crippen MR) is 113 cm³/mol. The third-order valence-corrected chi connectivity index (χ3v) is 5.32. The third kappa shape index (κ3) is 4.74. The Kier molecular flexibility index (Phi) is 6.20. The van der Waals surface area contributed by atoms with Crippen LogP contribution in [-0.4, -0.2) is 46.8 Å². The SMILES string of the molecule is CCCOC(=O)Cc1c2n(c3ccccc13)C[C@H](N(C)C(=O)OC(C)(C)C)CC2. The highest BCUT2D eigenvalue weighted by atomic mass is 16.6. The number of likely N-dealkylation sites (N-methyl/N-ethyl adjacent to an activating group) is 1. The Morgan fingerprint density at radius 1 is 1.24 bits per heavy atom. The van der Waals surface area contributed by atoms with Crippen LogP contribution in [0, 0.1) is 0 Å². The van der Waals surface area contributed by atoms with Crippen LogP contribution in [0.5, 0.6) is 0 Å². The minimum atomic E-state index is -0.517. The highest BCUT2D eigenvalue weighted by Gasteiger charge is 2.31. The van der Waals surface area contributed by atoms with Gasteiger partial charge in [-0.25, -0.2) is 4.79 Å². The molecule has 6 heteroatoms. The van der Waals surface area contributed by atoms with E-state index < -0.39 is 5.60 Å². The second-order valence-electron chi connectivity index (χ2n) is 8.73. The summed E-state index contributed by atoms with van der Waals surface area (Å²) in [6.07, 6.45) is 2.45. The molecule has 2 aromatic rings. The molecule has 29 heavy (non-hydrogen) atoms. The van der Waals surface area contributed by atoms with Crippen molar-refractivity contribution in [3.8, 4) is 0 Å². The van der Waals surface area contributed by atoms with Crippen molar-refractivity contribution in [1.29, 1.82) is 0 Å². The van der Waals surface area contributed by atoms with Gasteiger partial charge in [-0.3, -0.25) is 4.79 Å². The van der Waals surface area contributed by atoms with Crippen LogP contribution in [0.3, 0.4) is 0 Å². The van der Waals surface area contributed by atoms with Gasteiger partial charge >= 0.3 is 12.1 Å². The van der Waals surface area contributed by atoms with Crippen molar-refractivity contribution in [3.05, 3.63) is 35.5 Å². The number of ether oxygens (including phenoxy) is 2. The van der Waals surface area contributed by atoms with E-state index in [1.165, 1.54) is 5.69 Å². The Balaban J connectivity index is 1.86. The maximum Gasteiger partial charge on any atom is 0.410 e. The highest BCUT2D eigenvalue weighted by Crippen LogP contribution is 2.32. The molecule has 158 valence electrons. The molecule has 0 spiro atoms. The molecule has 1 aromatic heterocycles. The molecular formula is C23H32N2O4. The molecule has 1 amide bonds. The Bertz CT molecular complexity index is 894. The number of nitrogens with zero attached hydrogens (tertiary/aromatic N) is 2. The molecule has 1 aromatic carbocycles. The molecule has 6 nitrogen and oxygen atoms in total. The van der Waals surface area contributed by atoms with Crippen LogP contribution in [0.15, 0.2) is 24.3 Å². The third-order valence-electron chi connectivity index (χ3n) is 5.32. The minimum absolute atomic E-state index is 0.0491. The van der Waals surface area contributed by atoms with Crippen molar-refractivity contribution < 1.29 is 19.1 Å². The van der Waals surface area contributed by atoms with E-state index in [1.807, 2.05) is 39.8 Å². The summed E-state index contributed by atoms with van der Waals surface area (Å²) in [7, 11) is 1.80. The van der Waals surface area contributed by atoms with Crippen molar-refractivity contribution in [2.45, 2.75) is 71.6 Å². The maximum atomic E-state index is 12.5. The number of hydrogen-bond donors (Lipinski definition) is 0. The second-order valence-corrected chi connectivity index (χ2v) is 8.73. The van der Waals surface area contributed by atoms with Crippen LogP contribution >= 0.6 is 0 Å². The molecule has 0 radical (unpaired) electrons. The number of esters is 1. The summed E-state index contributed by atoms with van der Waals surface area (Å²) in [6.45, 7) is 8.76. The monoisotopic (exact) mass is 400 g/mol. The number of rotatable bonds is 5. The van der Waals surface area contributed by atoms with Gasteiger partial charge in [-0.15, -0.1) is 0 Å². The largest absolute Gasteiger partial charge is 0.465 e. The van der Waals surface area contributed by atoms with Gasteiger partial charge in [0.2, 0.25) is 0 Å². The average molecular weight is 401 g/mol. The first-order valence-electron chi connectivity index (χ1n) is 10.4. The summed E-state index contributed by atoms with van der Waals surface area (Å²) in [6, 6.07) is 8.20. The Hall–Kier alpha value is -2.50. The number of amides is 1. The zero-order valence-corrected chi connectivity index (χ0v) is 18.2. The van der Waals surface area contributed by atoms with Gasteiger partial charge in [0.25, 0.3) is 0 Å². The van der Waals surface area contributed by atoms with Crippen molar-refractivity contribution in [1.82, 2.24) is 9.47 Å². The normalized spacial score (nSPS) is 16.4. The summed E-state index contributed by atoms with van der Waals surface area (Å²) >= 11 is 0. The number of hydrogen-bond acceptors (Lipinski definition) is 4. The summed E-state index contributed by atoms with van der Waals surface area (Å²) in [5, 5.41) is 1.09. The van der Waals surface area contributed by atoms with Crippen molar-refractivity contribution in [3.63, 3.8) is 0 Å². The van der Waals surface area contributed by atoms with E-state index in [-0.39, 0.29) is 24.5 Å². The lowest BCUT2D eigenvalue weighted by atomic mass is 9.99. The van der Waals surface area contributed by atoms with E-state index in [1.54, 1.807) is 11.9 Å². The van der Waals surface area contributed by atoms with Crippen LogP contribution in [0.1, 0.15) is 51.8 Å². The first kappa shape index (κ1) is 21.2. The molecule has 0 aliphatic carbocycles. The molecule has 2 heterocycles. The van der Waals surface area contributed by atoms with Crippen molar-refractivity contribution in [2.24, 2.45) is 0 Å². The quantitative estimate of drug-likeness (QED) is 0.702. The fourth-order valence-electron chi connectivity index (χ4n) is 3.94. The molecule has 0 saturated carbocycles. The van der Waals surface area contributed by atoms with Crippen LogP contribution in [0.4, 0.5) is 4.79 Å². The molecule has 0 unspecified atom stereocenters. The summed E-state index contributed by atoms with van der Waals surface area (Å²) in [4.78, 5) is 26.5. The molecule has 0 saturated heterocycles. The predicted octanol–water partition coefficient (Wildman–Crippen LogP) is 4.32. The van der Waals surface area contributed by atoms with Gasteiger partial charge in [0.15, 0.2) is 0 Å². The van der Waals surface area contributed by atoms with E-state index in [0.717, 1.165) is 35.7 Å². The second kappa shape index (κ2) is 8.47. The Labute approximate surface area is 172 Å². The van der Waals surface area contributed by atoms with Crippen LogP contribution in [0.25, 0.3) is 10.9 Å². The molecule has 1 atom stereocenters. The van der Waals surface area contributed by atoms with E-state index in [0.29, 0.717) is 13.2 Å². The minimum Gasteiger partial charge on any atom is -0.465 e. The molecular weight excluding hydrogens is 368 g/mol.